The van der Waals surface area contributed by atoms with E-state index >= 15 is 0 Å². The van der Waals surface area contributed by atoms with Crippen molar-refractivity contribution in [1.82, 2.24) is 5.32 Å². The maximum Gasteiger partial charge on any atom is 0.314 e. The Morgan fingerprint density at radius 3 is 2.64 bits per heavy atom. The second kappa shape index (κ2) is 7.54. The largest absolute Gasteiger partial charge is 0.481 e. The second-order valence-corrected chi connectivity index (χ2v) is 7.08. The molecule has 25 heavy (non-hydrogen) atoms. The number of allylic oxidation sites excluding steroid dienone is 1. The summed E-state index contributed by atoms with van der Waals surface area (Å²) in [4.78, 5) is 9.26. The quantitative estimate of drug-likeness (QED) is 0.629. The van der Waals surface area contributed by atoms with Crippen LogP contribution >= 0.6 is 0 Å². The summed E-state index contributed by atoms with van der Waals surface area (Å²) >= 11 is 0. The normalized spacial score (nSPS) is 23.3. The number of hydrogen-bond donors (Lipinski definition) is 3. The average Bonchev–Trinajstić information content (AvgIpc) is 2.56. The zero-order valence-corrected chi connectivity index (χ0v) is 14.4. The molecule has 2 unspecified atom stereocenters. The highest BCUT2D eigenvalue weighted by atomic mass is 32.2. The molecule has 0 aliphatic heterocycles. The van der Waals surface area contributed by atoms with Gasteiger partial charge in [-0.3, -0.25) is 4.79 Å². The molecule has 1 aromatic rings. The Hall–Kier alpha value is -2.58. The number of carboxylic acids is 1. The number of carbonyl (C=O) groups is 1. The van der Waals surface area contributed by atoms with Gasteiger partial charge in [0.05, 0.1) is 11.6 Å². The smallest absolute Gasteiger partial charge is 0.314 e. The number of nitrogens with one attached hydrogen (secondary N) is 1. The molecule has 0 aromatic heterocycles. The first kappa shape index (κ1) is 18.8. The van der Waals surface area contributed by atoms with E-state index in [1.165, 1.54) is 18.2 Å². The highest BCUT2D eigenvalue weighted by Crippen LogP contribution is 2.33. The van der Waals surface area contributed by atoms with E-state index in [9.17, 15) is 18.3 Å². The standard InChI is InChI=1S/C17H20N2O5S/c1-2-3-11-19-15-12-13(16(20)21)9-10-17(15,25(18,22)23)24-14-7-5-4-6-8-14/h2-10,12-13,19H,11H2,1H3,(H,20,21)(H2,18,22,23)/b3-2+. The van der Waals surface area contributed by atoms with Crippen molar-refractivity contribution in [2.24, 2.45) is 11.1 Å². The number of para-hydroxylation sites is 1. The molecule has 0 bridgehead atoms. The van der Waals surface area contributed by atoms with E-state index in [4.69, 9.17) is 9.88 Å². The third-order valence-corrected chi connectivity index (χ3v) is 4.90. The molecule has 0 spiro atoms. The lowest BCUT2D eigenvalue weighted by molar-refractivity contribution is -0.138. The summed E-state index contributed by atoms with van der Waals surface area (Å²) in [6.07, 6.45) is 7.24. The van der Waals surface area contributed by atoms with Crippen LogP contribution in [-0.2, 0) is 14.8 Å². The van der Waals surface area contributed by atoms with E-state index in [2.05, 4.69) is 5.32 Å². The summed E-state index contributed by atoms with van der Waals surface area (Å²) in [5.41, 5.74) is 0.0619. The first-order valence-electron chi connectivity index (χ1n) is 7.56. The van der Waals surface area contributed by atoms with Gasteiger partial charge in [-0.2, -0.15) is 0 Å². The molecular weight excluding hydrogens is 344 g/mol. The number of ether oxygens (including phenoxy) is 1. The van der Waals surface area contributed by atoms with E-state index in [-0.39, 0.29) is 18.0 Å². The SMILES string of the molecule is C/C=C/CNC1=CC(C(=O)O)C=CC1(Oc1ccccc1)S(N)(=O)=O. The van der Waals surface area contributed by atoms with Gasteiger partial charge in [0, 0.05) is 6.54 Å². The average molecular weight is 364 g/mol. The Kier molecular flexibility index (Phi) is 5.66. The van der Waals surface area contributed by atoms with Gasteiger partial charge in [0.25, 0.3) is 15.0 Å². The minimum absolute atomic E-state index is 0.0619. The van der Waals surface area contributed by atoms with Gasteiger partial charge in [-0.05, 0) is 31.2 Å². The molecule has 2 rings (SSSR count). The number of primary sulfonamides is 1. The number of carboxylic acid groups (broad SMARTS) is 1. The number of aliphatic carboxylic acids is 1. The molecule has 0 amide bonds. The summed E-state index contributed by atoms with van der Waals surface area (Å²) in [5, 5.41) is 17.6. The summed E-state index contributed by atoms with van der Waals surface area (Å²) < 4.78 is 30.5. The molecule has 7 nitrogen and oxygen atoms in total. The van der Waals surface area contributed by atoms with Crippen molar-refractivity contribution in [3.63, 3.8) is 0 Å². The van der Waals surface area contributed by atoms with Gasteiger partial charge >= 0.3 is 5.97 Å². The van der Waals surface area contributed by atoms with Gasteiger partial charge in [0.1, 0.15) is 5.75 Å². The van der Waals surface area contributed by atoms with Crippen molar-refractivity contribution < 1.29 is 23.1 Å². The van der Waals surface area contributed by atoms with E-state index < -0.39 is 26.8 Å². The number of nitrogens with two attached hydrogens (primary N) is 1. The van der Waals surface area contributed by atoms with Crippen LogP contribution in [0.25, 0.3) is 0 Å². The van der Waals surface area contributed by atoms with Crippen LogP contribution in [0.2, 0.25) is 0 Å². The predicted octanol–water partition coefficient (Wildman–Crippen LogP) is 1.37. The van der Waals surface area contributed by atoms with Gasteiger partial charge in [-0.1, -0.05) is 36.4 Å². The predicted molar refractivity (Wildman–Crippen MR) is 94.1 cm³/mol. The number of benzene rings is 1. The Balaban J connectivity index is 2.52. The zero-order chi connectivity index (χ0) is 18.5. The van der Waals surface area contributed by atoms with Gasteiger partial charge in [0.2, 0.25) is 0 Å². The number of hydrogen-bond acceptors (Lipinski definition) is 5. The number of sulfonamides is 1. The van der Waals surface area contributed by atoms with Gasteiger partial charge < -0.3 is 15.2 Å². The van der Waals surface area contributed by atoms with Crippen LogP contribution in [0.15, 0.2) is 66.4 Å². The first-order chi connectivity index (χ1) is 11.8. The second-order valence-electron chi connectivity index (χ2n) is 5.38. The topological polar surface area (TPSA) is 119 Å². The van der Waals surface area contributed by atoms with Crippen molar-refractivity contribution in [3.05, 3.63) is 66.4 Å². The number of rotatable bonds is 7. The molecule has 1 aromatic carbocycles. The van der Waals surface area contributed by atoms with Crippen LogP contribution in [0.4, 0.5) is 0 Å². The fourth-order valence-corrected chi connectivity index (χ4v) is 3.28. The lowest BCUT2D eigenvalue weighted by atomic mass is 9.98. The Morgan fingerprint density at radius 1 is 1.40 bits per heavy atom. The van der Waals surface area contributed by atoms with Gasteiger partial charge in [-0.25, -0.2) is 13.6 Å². The van der Waals surface area contributed by atoms with Crippen LogP contribution in [-0.4, -0.2) is 31.0 Å². The molecule has 1 aliphatic rings. The fraction of sp³-hybridized carbons (Fsp3) is 0.235. The molecule has 1 aliphatic carbocycles. The molecule has 0 radical (unpaired) electrons. The molecule has 2 atom stereocenters. The van der Waals surface area contributed by atoms with Crippen LogP contribution < -0.4 is 15.2 Å². The summed E-state index contributed by atoms with van der Waals surface area (Å²) in [7, 11) is -4.28. The molecule has 0 saturated heterocycles. The Bertz CT molecular complexity index is 815. The summed E-state index contributed by atoms with van der Waals surface area (Å²) in [5.74, 6) is -1.81. The molecule has 0 saturated carbocycles. The van der Waals surface area contributed by atoms with Crippen LogP contribution in [0.3, 0.4) is 0 Å². The minimum atomic E-state index is -4.28. The lowest BCUT2D eigenvalue weighted by Crippen LogP contribution is -2.53. The first-order valence-corrected chi connectivity index (χ1v) is 9.10. The maximum atomic E-state index is 12.4. The maximum absolute atomic E-state index is 12.4. The van der Waals surface area contributed by atoms with Crippen molar-refractivity contribution in [1.29, 1.82) is 0 Å². The van der Waals surface area contributed by atoms with Crippen LogP contribution in [0.5, 0.6) is 5.75 Å². The minimum Gasteiger partial charge on any atom is -0.481 e. The Morgan fingerprint density at radius 2 is 2.08 bits per heavy atom. The summed E-state index contributed by atoms with van der Waals surface area (Å²) in [6.45, 7) is 2.10. The van der Waals surface area contributed by atoms with Crippen molar-refractivity contribution >= 4 is 16.0 Å². The van der Waals surface area contributed by atoms with Crippen molar-refractivity contribution in [2.45, 2.75) is 11.9 Å². The Labute approximate surface area is 146 Å². The van der Waals surface area contributed by atoms with E-state index in [1.54, 1.807) is 42.5 Å². The molecule has 134 valence electrons. The lowest BCUT2D eigenvalue weighted by Gasteiger charge is -2.34. The highest BCUT2D eigenvalue weighted by molar-refractivity contribution is 7.90. The molecule has 4 N–H and O–H groups in total. The molecule has 8 heteroatoms. The summed E-state index contributed by atoms with van der Waals surface area (Å²) in [6, 6.07) is 8.32. The fourth-order valence-electron chi connectivity index (χ4n) is 2.35. The van der Waals surface area contributed by atoms with E-state index in [1.807, 2.05) is 6.92 Å². The van der Waals surface area contributed by atoms with Gasteiger partial charge in [-0.15, -0.1) is 0 Å². The van der Waals surface area contributed by atoms with E-state index in [0.717, 1.165) is 0 Å². The van der Waals surface area contributed by atoms with Crippen LogP contribution in [0.1, 0.15) is 6.92 Å². The molecule has 0 fully saturated rings. The highest BCUT2D eigenvalue weighted by Gasteiger charge is 2.48. The van der Waals surface area contributed by atoms with Crippen molar-refractivity contribution in [3.8, 4) is 5.75 Å². The molecule has 0 heterocycles. The van der Waals surface area contributed by atoms with Crippen LogP contribution in [0, 0.1) is 5.92 Å². The van der Waals surface area contributed by atoms with Crippen molar-refractivity contribution in [2.75, 3.05) is 6.54 Å². The zero-order valence-electron chi connectivity index (χ0n) is 13.6. The monoisotopic (exact) mass is 364 g/mol. The van der Waals surface area contributed by atoms with E-state index in [0.29, 0.717) is 0 Å². The van der Waals surface area contributed by atoms with Gasteiger partial charge in [0.15, 0.2) is 0 Å². The third-order valence-electron chi connectivity index (χ3n) is 3.61. The third kappa shape index (κ3) is 4.09. The molecular formula is C17H20N2O5S.